The molecule has 0 fully saturated rings. The van der Waals surface area contributed by atoms with Crippen molar-refractivity contribution in [2.75, 3.05) is 11.5 Å². The highest BCUT2D eigenvalue weighted by Gasteiger charge is 2.08. The number of halogens is 1. The normalized spacial score (nSPS) is 11.1. The number of rotatable bonds is 4. The van der Waals surface area contributed by atoms with Gasteiger partial charge in [-0.3, -0.25) is 0 Å². The summed E-state index contributed by atoms with van der Waals surface area (Å²) in [6.07, 6.45) is 0. The van der Waals surface area contributed by atoms with E-state index >= 15 is 0 Å². The second-order valence-electron chi connectivity index (χ2n) is 3.01. The van der Waals surface area contributed by atoms with E-state index < -0.39 is 9.05 Å². The van der Waals surface area contributed by atoms with Crippen LogP contribution >= 0.6 is 22.4 Å². The molecule has 0 atom stereocenters. The Kier molecular flexibility index (Phi) is 4.59. The second-order valence-corrected chi connectivity index (χ2v) is 6.99. The Morgan fingerprint density at radius 2 is 2.25 bits per heavy atom. The Bertz CT molecular complexity index is 523. The van der Waals surface area contributed by atoms with Gasteiger partial charge in [0.1, 0.15) is 11.1 Å². The molecule has 16 heavy (non-hydrogen) atoms. The number of aromatic nitrogens is 1. The van der Waals surface area contributed by atoms with Crippen molar-refractivity contribution >= 4 is 31.5 Å². The van der Waals surface area contributed by atoms with Crippen LogP contribution in [0.15, 0.2) is 17.2 Å². The van der Waals surface area contributed by atoms with Gasteiger partial charge in [0, 0.05) is 22.1 Å². The van der Waals surface area contributed by atoms with Crippen molar-refractivity contribution in [3.8, 4) is 6.07 Å². The summed E-state index contributed by atoms with van der Waals surface area (Å²) in [5, 5.41) is 9.37. The molecule has 0 aromatic carbocycles. The first-order chi connectivity index (χ1) is 7.42. The molecule has 7 heteroatoms. The molecule has 0 unspecified atom stereocenters. The van der Waals surface area contributed by atoms with E-state index in [9.17, 15) is 8.42 Å². The quantitative estimate of drug-likeness (QED) is 0.621. The van der Waals surface area contributed by atoms with E-state index in [0.717, 1.165) is 5.69 Å². The topological polar surface area (TPSA) is 70.8 Å². The molecule has 0 aliphatic carbocycles. The zero-order valence-electron chi connectivity index (χ0n) is 8.47. The van der Waals surface area contributed by atoms with E-state index in [1.165, 1.54) is 11.8 Å². The molecule has 0 N–H and O–H groups in total. The van der Waals surface area contributed by atoms with Gasteiger partial charge in [-0.1, -0.05) is 0 Å². The summed E-state index contributed by atoms with van der Waals surface area (Å²) < 4.78 is 21.4. The first kappa shape index (κ1) is 13.3. The molecule has 1 aromatic rings. The van der Waals surface area contributed by atoms with Crippen LogP contribution in [0.2, 0.25) is 0 Å². The van der Waals surface area contributed by atoms with Crippen molar-refractivity contribution in [1.29, 1.82) is 5.26 Å². The molecule has 86 valence electrons. The minimum atomic E-state index is -3.48. The highest BCUT2D eigenvalue weighted by molar-refractivity contribution is 8.14. The summed E-state index contributed by atoms with van der Waals surface area (Å²) in [6, 6.07) is 5.41. The molecule has 4 nitrogen and oxygen atoms in total. The van der Waals surface area contributed by atoms with Gasteiger partial charge in [0.15, 0.2) is 0 Å². The Morgan fingerprint density at radius 3 is 2.81 bits per heavy atom. The van der Waals surface area contributed by atoms with E-state index in [-0.39, 0.29) is 11.5 Å². The molecule has 1 rings (SSSR count). The molecule has 0 spiro atoms. The molecule has 0 saturated heterocycles. The van der Waals surface area contributed by atoms with Gasteiger partial charge in [-0.25, -0.2) is 13.4 Å². The van der Waals surface area contributed by atoms with Crippen LogP contribution in [0.5, 0.6) is 0 Å². The first-order valence-corrected chi connectivity index (χ1v) is 7.81. The Hall–Kier alpha value is -0.770. The average molecular weight is 277 g/mol. The maximum Gasteiger partial charge on any atom is 0.233 e. The number of aryl methyl sites for hydroxylation is 1. The fourth-order valence-corrected chi connectivity index (χ4v) is 3.33. The van der Waals surface area contributed by atoms with Crippen LogP contribution in [0.4, 0.5) is 0 Å². The SMILES string of the molecule is Cc1ccc(C#N)c(SCCS(=O)(=O)Cl)n1. The Morgan fingerprint density at radius 1 is 1.56 bits per heavy atom. The van der Waals surface area contributed by atoms with Crippen LogP contribution in [0.25, 0.3) is 0 Å². The highest BCUT2D eigenvalue weighted by Crippen LogP contribution is 2.20. The number of pyridine rings is 1. The van der Waals surface area contributed by atoms with Crippen molar-refractivity contribution in [3.63, 3.8) is 0 Å². The predicted octanol–water partition coefficient (Wildman–Crippen LogP) is 1.92. The maximum atomic E-state index is 10.7. The summed E-state index contributed by atoms with van der Waals surface area (Å²) in [4.78, 5) is 4.17. The molecule has 0 bridgehead atoms. The van der Waals surface area contributed by atoms with Crippen molar-refractivity contribution in [2.45, 2.75) is 11.9 Å². The van der Waals surface area contributed by atoms with Crippen molar-refractivity contribution in [1.82, 2.24) is 4.98 Å². The van der Waals surface area contributed by atoms with Crippen molar-refractivity contribution in [3.05, 3.63) is 23.4 Å². The lowest BCUT2D eigenvalue weighted by atomic mass is 10.3. The lowest BCUT2D eigenvalue weighted by Crippen LogP contribution is -2.00. The Balaban J connectivity index is 2.74. The molecule has 0 radical (unpaired) electrons. The fraction of sp³-hybridized carbons (Fsp3) is 0.333. The van der Waals surface area contributed by atoms with Crippen LogP contribution in [0.1, 0.15) is 11.3 Å². The summed E-state index contributed by atoms with van der Waals surface area (Å²) >= 11 is 1.22. The van der Waals surface area contributed by atoms with Crippen LogP contribution in [-0.2, 0) is 9.05 Å². The molecule has 0 aliphatic rings. The third-order valence-corrected chi connectivity index (χ3v) is 4.09. The predicted molar refractivity (Wildman–Crippen MR) is 64.1 cm³/mol. The number of thioether (sulfide) groups is 1. The molecule has 1 heterocycles. The lowest BCUT2D eigenvalue weighted by Gasteiger charge is -2.02. The van der Waals surface area contributed by atoms with Crippen LogP contribution in [0, 0.1) is 18.3 Å². The third-order valence-electron chi connectivity index (χ3n) is 1.69. The van der Waals surface area contributed by atoms with E-state index in [1.807, 2.05) is 13.0 Å². The number of hydrogen-bond donors (Lipinski definition) is 0. The van der Waals surface area contributed by atoms with Gasteiger partial charge >= 0.3 is 0 Å². The molecule has 1 aromatic heterocycles. The number of nitriles is 1. The fourth-order valence-electron chi connectivity index (χ4n) is 0.966. The van der Waals surface area contributed by atoms with Gasteiger partial charge in [0.25, 0.3) is 0 Å². The van der Waals surface area contributed by atoms with Gasteiger partial charge in [0.05, 0.1) is 11.3 Å². The monoisotopic (exact) mass is 276 g/mol. The number of hydrogen-bond acceptors (Lipinski definition) is 5. The smallest absolute Gasteiger partial charge is 0.233 e. The standard InChI is InChI=1S/C9H9ClN2O2S2/c1-7-2-3-8(6-11)9(12-7)15-4-5-16(10,13)14/h2-3H,4-5H2,1H3. The molecule has 0 saturated carbocycles. The van der Waals surface area contributed by atoms with E-state index in [2.05, 4.69) is 4.98 Å². The third kappa shape index (κ3) is 4.39. The maximum absolute atomic E-state index is 10.7. The van der Waals surface area contributed by atoms with E-state index in [4.69, 9.17) is 15.9 Å². The summed E-state index contributed by atoms with van der Waals surface area (Å²) in [7, 11) is 1.59. The van der Waals surface area contributed by atoms with E-state index in [0.29, 0.717) is 10.6 Å². The summed E-state index contributed by atoms with van der Waals surface area (Å²) in [5.41, 5.74) is 1.23. The second kappa shape index (κ2) is 5.53. The van der Waals surface area contributed by atoms with Crippen LogP contribution in [-0.4, -0.2) is 24.9 Å². The highest BCUT2D eigenvalue weighted by atomic mass is 35.7. The molecular formula is C9H9ClN2O2S2. The lowest BCUT2D eigenvalue weighted by molar-refractivity contribution is 0.611. The van der Waals surface area contributed by atoms with Gasteiger partial charge in [-0.15, -0.1) is 11.8 Å². The molecule has 0 amide bonds. The minimum absolute atomic E-state index is 0.139. The zero-order valence-corrected chi connectivity index (χ0v) is 10.9. The zero-order chi connectivity index (χ0) is 12.2. The van der Waals surface area contributed by atoms with Crippen molar-refractivity contribution < 1.29 is 8.42 Å². The first-order valence-electron chi connectivity index (χ1n) is 4.35. The largest absolute Gasteiger partial charge is 0.245 e. The molecule has 0 aliphatic heterocycles. The number of nitrogens with zero attached hydrogens (tertiary/aromatic N) is 2. The van der Waals surface area contributed by atoms with Gasteiger partial charge in [0.2, 0.25) is 9.05 Å². The Labute approximate surface area is 103 Å². The van der Waals surface area contributed by atoms with Crippen LogP contribution in [0.3, 0.4) is 0 Å². The minimum Gasteiger partial charge on any atom is -0.245 e. The van der Waals surface area contributed by atoms with Gasteiger partial charge in [-0.05, 0) is 19.1 Å². The van der Waals surface area contributed by atoms with Crippen LogP contribution < -0.4 is 0 Å². The summed E-state index contributed by atoms with van der Waals surface area (Å²) in [6.45, 7) is 1.81. The average Bonchev–Trinajstić information content (AvgIpc) is 2.16. The van der Waals surface area contributed by atoms with E-state index in [1.54, 1.807) is 12.1 Å². The van der Waals surface area contributed by atoms with Gasteiger partial charge < -0.3 is 0 Å². The molecular weight excluding hydrogens is 268 g/mol. The van der Waals surface area contributed by atoms with Gasteiger partial charge in [-0.2, -0.15) is 5.26 Å². The summed E-state index contributed by atoms with van der Waals surface area (Å²) in [5.74, 6) is 0.149. The van der Waals surface area contributed by atoms with Crippen molar-refractivity contribution in [2.24, 2.45) is 0 Å².